The molecule has 0 aliphatic heterocycles. The van der Waals surface area contributed by atoms with Crippen molar-refractivity contribution in [3.05, 3.63) is 29.8 Å². The second-order valence-corrected chi connectivity index (χ2v) is 4.60. The SMILES string of the molecule is COc1ccccc1C(=O)NCC1(N)CCC1.Cl. The number of rotatable bonds is 4. The van der Waals surface area contributed by atoms with E-state index < -0.39 is 0 Å². The third kappa shape index (κ3) is 3.15. The Morgan fingerprint density at radius 3 is 2.67 bits per heavy atom. The molecule has 0 spiro atoms. The van der Waals surface area contributed by atoms with Crippen LogP contribution in [0.4, 0.5) is 0 Å². The van der Waals surface area contributed by atoms with Crippen molar-refractivity contribution in [3.8, 4) is 5.75 Å². The van der Waals surface area contributed by atoms with Crippen molar-refractivity contribution in [1.82, 2.24) is 5.32 Å². The topological polar surface area (TPSA) is 64.3 Å². The third-order valence-electron chi connectivity index (χ3n) is 3.30. The van der Waals surface area contributed by atoms with Crippen molar-refractivity contribution >= 4 is 18.3 Å². The van der Waals surface area contributed by atoms with Crippen LogP contribution in [0.1, 0.15) is 29.6 Å². The molecule has 1 aliphatic rings. The number of carbonyl (C=O) groups excluding carboxylic acids is 1. The zero-order valence-electron chi connectivity index (χ0n) is 10.4. The quantitative estimate of drug-likeness (QED) is 0.876. The summed E-state index contributed by atoms with van der Waals surface area (Å²) >= 11 is 0. The fourth-order valence-corrected chi connectivity index (χ4v) is 1.99. The lowest BCUT2D eigenvalue weighted by Crippen LogP contribution is -2.54. The van der Waals surface area contributed by atoms with Gasteiger partial charge in [0.05, 0.1) is 12.7 Å². The first-order valence-electron chi connectivity index (χ1n) is 5.85. The molecule has 1 fully saturated rings. The van der Waals surface area contributed by atoms with Gasteiger partial charge in [0.1, 0.15) is 5.75 Å². The summed E-state index contributed by atoms with van der Waals surface area (Å²) in [6, 6.07) is 7.18. The number of nitrogens with two attached hydrogens (primary N) is 1. The molecule has 0 aromatic heterocycles. The van der Waals surface area contributed by atoms with Gasteiger partial charge < -0.3 is 15.8 Å². The lowest BCUT2D eigenvalue weighted by atomic mass is 9.78. The Labute approximate surface area is 113 Å². The minimum absolute atomic E-state index is 0. The maximum absolute atomic E-state index is 12.0. The molecule has 18 heavy (non-hydrogen) atoms. The van der Waals surface area contributed by atoms with Gasteiger partial charge >= 0.3 is 0 Å². The van der Waals surface area contributed by atoms with Crippen molar-refractivity contribution < 1.29 is 9.53 Å². The summed E-state index contributed by atoms with van der Waals surface area (Å²) in [5.74, 6) is 0.462. The van der Waals surface area contributed by atoms with Crippen LogP contribution in [-0.2, 0) is 0 Å². The molecule has 4 nitrogen and oxygen atoms in total. The van der Waals surface area contributed by atoms with Crippen LogP contribution in [0.5, 0.6) is 5.75 Å². The lowest BCUT2D eigenvalue weighted by molar-refractivity contribution is 0.0927. The molecule has 1 saturated carbocycles. The first-order valence-corrected chi connectivity index (χ1v) is 5.85. The van der Waals surface area contributed by atoms with E-state index in [2.05, 4.69) is 5.32 Å². The highest BCUT2D eigenvalue weighted by molar-refractivity contribution is 5.96. The van der Waals surface area contributed by atoms with Crippen LogP contribution in [0.25, 0.3) is 0 Å². The predicted octanol–water partition coefficient (Wildman–Crippen LogP) is 1.73. The number of methoxy groups -OCH3 is 1. The molecule has 1 aromatic rings. The fraction of sp³-hybridized carbons (Fsp3) is 0.462. The van der Waals surface area contributed by atoms with Gasteiger partial charge in [-0.05, 0) is 31.4 Å². The molecule has 0 heterocycles. The van der Waals surface area contributed by atoms with E-state index in [0.717, 1.165) is 19.3 Å². The number of hydrogen-bond acceptors (Lipinski definition) is 3. The van der Waals surface area contributed by atoms with E-state index in [4.69, 9.17) is 10.5 Å². The molecule has 1 aromatic carbocycles. The Balaban J connectivity index is 0.00000162. The number of nitrogens with one attached hydrogen (secondary N) is 1. The average molecular weight is 271 g/mol. The van der Waals surface area contributed by atoms with Crippen LogP contribution >= 0.6 is 12.4 Å². The van der Waals surface area contributed by atoms with Crippen LogP contribution < -0.4 is 15.8 Å². The average Bonchev–Trinajstić information content (AvgIpc) is 2.33. The Hall–Kier alpha value is -1.26. The van der Waals surface area contributed by atoms with Gasteiger partial charge in [0, 0.05) is 12.1 Å². The van der Waals surface area contributed by atoms with Crippen LogP contribution in [0.15, 0.2) is 24.3 Å². The molecule has 100 valence electrons. The van der Waals surface area contributed by atoms with Crippen molar-refractivity contribution in [2.45, 2.75) is 24.8 Å². The van der Waals surface area contributed by atoms with Gasteiger partial charge in [-0.2, -0.15) is 0 Å². The molecule has 1 aliphatic carbocycles. The van der Waals surface area contributed by atoms with Crippen LogP contribution in [0.2, 0.25) is 0 Å². The zero-order chi connectivity index (χ0) is 12.3. The number of ether oxygens (including phenoxy) is 1. The van der Waals surface area contributed by atoms with E-state index in [1.807, 2.05) is 12.1 Å². The van der Waals surface area contributed by atoms with E-state index in [0.29, 0.717) is 17.9 Å². The molecular formula is C13H19ClN2O2. The standard InChI is InChI=1S/C13H18N2O2.ClH/c1-17-11-6-3-2-5-10(11)12(16)15-9-13(14)7-4-8-13;/h2-3,5-6H,4,7-9,14H2,1H3,(H,15,16);1H. The first kappa shape index (κ1) is 14.8. The Morgan fingerprint density at radius 1 is 1.44 bits per heavy atom. The summed E-state index contributed by atoms with van der Waals surface area (Å²) in [4.78, 5) is 12.0. The molecule has 0 atom stereocenters. The van der Waals surface area contributed by atoms with Gasteiger partial charge in [-0.15, -0.1) is 12.4 Å². The largest absolute Gasteiger partial charge is 0.496 e. The molecule has 3 N–H and O–H groups in total. The number of halogens is 1. The highest BCUT2D eigenvalue weighted by Crippen LogP contribution is 2.28. The van der Waals surface area contributed by atoms with Crippen molar-refractivity contribution in [2.24, 2.45) is 5.73 Å². The highest BCUT2D eigenvalue weighted by atomic mass is 35.5. The summed E-state index contributed by atoms with van der Waals surface area (Å²) in [5.41, 5.74) is 6.41. The first-order chi connectivity index (χ1) is 8.14. The molecule has 0 unspecified atom stereocenters. The summed E-state index contributed by atoms with van der Waals surface area (Å²) < 4.78 is 5.15. The Bertz CT molecular complexity index is 419. The lowest BCUT2D eigenvalue weighted by Gasteiger charge is -2.38. The smallest absolute Gasteiger partial charge is 0.255 e. The second-order valence-electron chi connectivity index (χ2n) is 4.60. The highest BCUT2D eigenvalue weighted by Gasteiger charge is 2.32. The molecule has 0 radical (unpaired) electrons. The third-order valence-corrected chi connectivity index (χ3v) is 3.30. The van der Waals surface area contributed by atoms with E-state index in [1.165, 1.54) is 0 Å². The van der Waals surface area contributed by atoms with E-state index in [1.54, 1.807) is 19.2 Å². The van der Waals surface area contributed by atoms with Crippen molar-refractivity contribution in [2.75, 3.05) is 13.7 Å². The van der Waals surface area contributed by atoms with Gasteiger partial charge in [0.25, 0.3) is 5.91 Å². The van der Waals surface area contributed by atoms with E-state index >= 15 is 0 Å². The summed E-state index contributed by atoms with van der Waals surface area (Å²) in [6.07, 6.45) is 3.12. The van der Waals surface area contributed by atoms with Gasteiger partial charge in [-0.25, -0.2) is 0 Å². The predicted molar refractivity (Wildman–Crippen MR) is 73.3 cm³/mol. The number of hydrogen-bond donors (Lipinski definition) is 2. The zero-order valence-corrected chi connectivity index (χ0v) is 11.3. The Morgan fingerprint density at radius 2 is 2.11 bits per heavy atom. The summed E-state index contributed by atoms with van der Waals surface area (Å²) in [6.45, 7) is 0.532. The normalized spacial score (nSPS) is 16.1. The molecule has 2 rings (SSSR count). The number of benzene rings is 1. The number of para-hydroxylation sites is 1. The fourth-order valence-electron chi connectivity index (χ4n) is 1.99. The van der Waals surface area contributed by atoms with Crippen molar-refractivity contribution in [3.63, 3.8) is 0 Å². The van der Waals surface area contributed by atoms with Crippen LogP contribution in [0, 0.1) is 0 Å². The number of amides is 1. The second kappa shape index (κ2) is 6.07. The minimum Gasteiger partial charge on any atom is -0.496 e. The van der Waals surface area contributed by atoms with Crippen molar-refractivity contribution in [1.29, 1.82) is 0 Å². The van der Waals surface area contributed by atoms with Crippen LogP contribution in [-0.4, -0.2) is 25.1 Å². The van der Waals surface area contributed by atoms with E-state index in [-0.39, 0.29) is 23.9 Å². The molecule has 1 amide bonds. The van der Waals surface area contributed by atoms with Gasteiger partial charge in [0.15, 0.2) is 0 Å². The monoisotopic (exact) mass is 270 g/mol. The van der Waals surface area contributed by atoms with E-state index in [9.17, 15) is 4.79 Å². The Kier molecular flexibility index (Phi) is 4.99. The van der Waals surface area contributed by atoms with Gasteiger partial charge in [-0.3, -0.25) is 4.79 Å². The van der Waals surface area contributed by atoms with Crippen LogP contribution in [0.3, 0.4) is 0 Å². The summed E-state index contributed by atoms with van der Waals surface area (Å²) in [5, 5.41) is 2.87. The minimum atomic E-state index is -0.197. The molecule has 5 heteroatoms. The maximum Gasteiger partial charge on any atom is 0.255 e. The van der Waals surface area contributed by atoms with Gasteiger partial charge in [-0.1, -0.05) is 12.1 Å². The van der Waals surface area contributed by atoms with Gasteiger partial charge in [0.2, 0.25) is 0 Å². The molecular weight excluding hydrogens is 252 g/mol. The maximum atomic E-state index is 12.0. The summed E-state index contributed by atoms with van der Waals surface area (Å²) in [7, 11) is 1.56. The molecule has 0 saturated heterocycles. The number of carbonyl (C=O) groups is 1. The molecule has 0 bridgehead atoms.